The first-order valence-corrected chi connectivity index (χ1v) is 7.36. The summed E-state index contributed by atoms with van der Waals surface area (Å²) in [6.07, 6.45) is 0.484. The summed E-state index contributed by atoms with van der Waals surface area (Å²) >= 11 is 0. The van der Waals surface area contributed by atoms with Crippen molar-refractivity contribution in [2.75, 3.05) is 11.4 Å². The second kappa shape index (κ2) is 5.34. The van der Waals surface area contributed by atoms with Gasteiger partial charge >= 0.3 is 0 Å². The van der Waals surface area contributed by atoms with E-state index >= 15 is 0 Å². The third kappa shape index (κ3) is 2.34. The summed E-state index contributed by atoms with van der Waals surface area (Å²) in [6, 6.07) is 14.2. The monoisotopic (exact) mass is 280 g/mol. The van der Waals surface area contributed by atoms with E-state index in [0.717, 1.165) is 28.9 Å². The molecular weight excluding hydrogens is 260 g/mol. The molecular formula is C18H20N2O. The number of carbonyl (C=O) groups is 1. The molecule has 0 fully saturated rings. The summed E-state index contributed by atoms with van der Waals surface area (Å²) in [5.74, 6) is 0.175. The number of rotatable bonds is 3. The third-order valence-corrected chi connectivity index (χ3v) is 4.24. The summed E-state index contributed by atoms with van der Waals surface area (Å²) < 4.78 is 0. The highest BCUT2D eigenvalue weighted by atomic mass is 16.2. The molecule has 1 heterocycles. The van der Waals surface area contributed by atoms with Crippen molar-refractivity contribution in [3.05, 3.63) is 64.7 Å². The van der Waals surface area contributed by atoms with Gasteiger partial charge in [-0.05, 0) is 42.2 Å². The highest BCUT2D eigenvalue weighted by Gasteiger charge is 2.26. The topological polar surface area (TPSA) is 46.3 Å². The number of hydrogen-bond donors (Lipinski definition) is 1. The van der Waals surface area contributed by atoms with E-state index in [1.54, 1.807) is 0 Å². The van der Waals surface area contributed by atoms with Crippen LogP contribution in [0.5, 0.6) is 0 Å². The zero-order chi connectivity index (χ0) is 15.0. The van der Waals surface area contributed by atoms with Gasteiger partial charge in [-0.25, -0.2) is 0 Å². The fourth-order valence-corrected chi connectivity index (χ4v) is 3.06. The van der Waals surface area contributed by atoms with Crippen LogP contribution in [0.4, 0.5) is 5.69 Å². The fraction of sp³-hybridized carbons (Fsp3) is 0.278. The molecule has 1 atom stereocenters. The zero-order valence-corrected chi connectivity index (χ0v) is 12.5. The normalized spacial score (nSPS) is 15.2. The number of fused-ring (bicyclic) bond motifs is 1. The highest BCUT2D eigenvalue weighted by molar-refractivity contribution is 6.01. The molecule has 2 N–H and O–H groups in total. The Balaban J connectivity index is 1.97. The predicted octanol–water partition coefficient (Wildman–Crippen LogP) is 2.95. The summed E-state index contributed by atoms with van der Waals surface area (Å²) in [5, 5.41) is 0. The van der Waals surface area contributed by atoms with E-state index in [4.69, 9.17) is 5.73 Å². The van der Waals surface area contributed by atoms with Crippen molar-refractivity contribution in [1.82, 2.24) is 0 Å². The van der Waals surface area contributed by atoms with Gasteiger partial charge in [0.05, 0.1) is 12.5 Å². The largest absolute Gasteiger partial charge is 0.320 e. The maximum absolute atomic E-state index is 12.0. The van der Waals surface area contributed by atoms with Gasteiger partial charge < -0.3 is 10.6 Å². The van der Waals surface area contributed by atoms with Crippen LogP contribution in [0, 0.1) is 6.92 Å². The number of nitrogens with zero attached hydrogens (tertiary/aromatic N) is 1. The Kier molecular flexibility index (Phi) is 3.52. The van der Waals surface area contributed by atoms with Crippen molar-refractivity contribution in [3.63, 3.8) is 0 Å². The van der Waals surface area contributed by atoms with E-state index in [1.807, 2.05) is 36.1 Å². The molecule has 0 radical (unpaired) electrons. The standard InChI is InChI=1S/C18H20N2O/c1-3-20-16-9-8-13(10-14(16)11-17(20)21)18(19)15-7-5-4-6-12(15)2/h4-10,18H,3,11,19H2,1-2H3. The lowest BCUT2D eigenvalue weighted by atomic mass is 9.94. The van der Waals surface area contributed by atoms with Crippen molar-refractivity contribution >= 4 is 11.6 Å². The number of benzene rings is 2. The molecule has 3 rings (SSSR count). The quantitative estimate of drug-likeness (QED) is 0.939. The molecule has 0 aliphatic carbocycles. The molecule has 0 saturated heterocycles. The molecule has 21 heavy (non-hydrogen) atoms. The molecule has 3 heteroatoms. The van der Waals surface area contributed by atoms with E-state index in [9.17, 15) is 4.79 Å². The van der Waals surface area contributed by atoms with Gasteiger partial charge in [-0.1, -0.05) is 36.4 Å². The Morgan fingerprint density at radius 2 is 2.00 bits per heavy atom. The molecule has 0 spiro atoms. The van der Waals surface area contributed by atoms with Gasteiger partial charge in [-0.2, -0.15) is 0 Å². The summed E-state index contributed by atoms with van der Waals surface area (Å²) in [5.41, 5.74) is 11.9. The molecule has 108 valence electrons. The van der Waals surface area contributed by atoms with Gasteiger partial charge in [-0.3, -0.25) is 4.79 Å². The van der Waals surface area contributed by atoms with Crippen LogP contribution in [-0.4, -0.2) is 12.5 Å². The molecule has 2 aromatic carbocycles. The molecule has 0 aromatic heterocycles. The van der Waals surface area contributed by atoms with E-state index in [2.05, 4.69) is 25.1 Å². The summed E-state index contributed by atoms with van der Waals surface area (Å²) in [7, 11) is 0. The Morgan fingerprint density at radius 1 is 1.24 bits per heavy atom. The van der Waals surface area contributed by atoms with Crippen molar-refractivity contribution < 1.29 is 4.79 Å². The van der Waals surface area contributed by atoms with Crippen LogP contribution in [-0.2, 0) is 11.2 Å². The van der Waals surface area contributed by atoms with E-state index in [-0.39, 0.29) is 11.9 Å². The molecule has 0 saturated carbocycles. The van der Waals surface area contributed by atoms with Gasteiger partial charge in [-0.15, -0.1) is 0 Å². The fourth-order valence-electron chi connectivity index (χ4n) is 3.06. The smallest absolute Gasteiger partial charge is 0.231 e. The molecule has 1 amide bonds. The minimum atomic E-state index is -0.151. The number of anilines is 1. The summed E-state index contributed by atoms with van der Waals surface area (Å²) in [4.78, 5) is 13.8. The van der Waals surface area contributed by atoms with Crippen LogP contribution in [0.25, 0.3) is 0 Å². The first-order chi connectivity index (χ1) is 10.1. The molecule has 2 aromatic rings. The summed E-state index contributed by atoms with van der Waals surface area (Å²) in [6.45, 7) is 4.79. The van der Waals surface area contributed by atoms with E-state index in [0.29, 0.717) is 6.42 Å². The minimum absolute atomic E-state index is 0.151. The third-order valence-electron chi connectivity index (χ3n) is 4.24. The number of aryl methyl sites for hydroxylation is 1. The zero-order valence-electron chi connectivity index (χ0n) is 12.5. The van der Waals surface area contributed by atoms with Gasteiger partial charge in [0.1, 0.15) is 0 Å². The SMILES string of the molecule is CCN1C(=O)Cc2cc(C(N)c3ccccc3C)ccc21. The number of hydrogen-bond acceptors (Lipinski definition) is 2. The van der Waals surface area contributed by atoms with Gasteiger partial charge in [0.2, 0.25) is 5.91 Å². The van der Waals surface area contributed by atoms with Crippen LogP contribution in [0.2, 0.25) is 0 Å². The van der Waals surface area contributed by atoms with Crippen molar-refractivity contribution in [1.29, 1.82) is 0 Å². The minimum Gasteiger partial charge on any atom is -0.320 e. The van der Waals surface area contributed by atoms with Crippen LogP contribution >= 0.6 is 0 Å². The van der Waals surface area contributed by atoms with Crippen LogP contribution in [0.3, 0.4) is 0 Å². The van der Waals surface area contributed by atoms with E-state index in [1.165, 1.54) is 5.56 Å². The Hall–Kier alpha value is -2.13. The number of likely N-dealkylation sites (N-methyl/N-ethyl adjacent to an activating group) is 1. The van der Waals surface area contributed by atoms with Crippen LogP contribution in [0.15, 0.2) is 42.5 Å². The average molecular weight is 280 g/mol. The lowest BCUT2D eigenvalue weighted by molar-refractivity contribution is -0.117. The number of nitrogens with two attached hydrogens (primary N) is 1. The predicted molar refractivity (Wildman–Crippen MR) is 85.4 cm³/mol. The Morgan fingerprint density at radius 3 is 2.71 bits per heavy atom. The van der Waals surface area contributed by atoms with Crippen LogP contribution in [0.1, 0.15) is 35.2 Å². The second-order valence-electron chi connectivity index (χ2n) is 5.54. The molecule has 3 nitrogen and oxygen atoms in total. The lowest BCUT2D eigenvalue weighted by Crippen LogP contribution is -2.25. The van der Waals surface area contributed by atoms with E-state index < -0.39 is 0 Å². The van der Waals surface area contributed by atoms with Gasteiger partial charge in [0.25, 0.3) is 0 Å². The maximum atomic E-state index is 12.0. The van der Waals surface area contributed by atoms with Crippen LogP contribution < -0.4 is 10.6 Å². The lowest BCUT2D eigenvalue weighted by Gasteiger charge is -2.18. The van der Waals surface area contributed by atoms with Crippen molar-refractivity contribution in [2.24, 2.45) is 5.73 Å². The van der Waals surface area contributed by atoms with Crippen molar-refractivity contribution in [3.8, 4) is 0 Å². The Labute approximate surface area is 125 Å². The molecule has 1 aliphatic heterocycles. The molecule has 1 aliphatic rings. The van der Waals surface area contributed by atoms with Gasteiger partial charge in [0.15, 0.2) is 0 Å². The number of amides is 1. The molecule has 1 unspecified atom stereocenters. The maximum Gasteiger partial charge on any atom is 0.231 e. The number of carbonyl (C=O) groups excluding carboxylic acids is 1. The average Bonchev–Trinajstić information content (AvgIpc) is 2.81. The molecule has 0 bridgehead atoms. The Bertz CT molecular complexity index is 693. The van der Waals surface area contributed by atoms with Crippen molar-refractivity contribution in [2.45, 2.75) is 26.3 Å². The first kappa shape index (κ1) is 13.8. The first-order valence-electron chi connectivity index (χ1n) is 7.36. The highest BCUT2D eigenvalue weighted by Crippen LogP contribution is 2.32. The van der Waals surface area contributed by atoms with Gasteiger partial charge in [0, 0.05) is 12.2 Å². The second-order valence-corrected chi connectivity index (χ2v) is 5.54.